The topological polar surface area (TPSA) is 15.8 Å². The van der Waals surface area contributed by atoms with Crippen LogP contribution in [0.4, 0.5) is 0 Å². The number of nitrogens with one attached hydrogen (secondary N) is 1. The van der Waals surface area contributed by atoms with Crippen molar-refractivity contribution in [1.82, 2.24) is 4.98 Å². The van der Waals surface area contributed by atoms with E-state index in [4.69, 9.17) is 0 Å². The molecule has 0 aliphatic carbocycles. The van der Waals surface area contributed by atoms with Crippen molar-refractivity contribution in [3.63, 3.8) is 0 Å². The Morgan fingerprint density at radius 1 is 1.46 bits per heavy atom. The summed E-state index contributed by atoms with van der Waals surface area (Å²) in [4.78, 5) is 3.30. The van der Waals surface area contributed by atoms with E-state index in [9.17, 15) is 0 Å². The molecule has 13 heavy (non-hydrogen) atoms. The van der Waals surface area contributed by atoms with E-state index >= 15 is 0 Å². The normalized spacial score (nSPS) is 12.2. The minimum atomic E-state index is 0.212. The molecule has 2 heteroatoms. The van der Waals surface area contributed by atoms with Gasteiger partial charge in [0.2, 0.25) is 0 Å². The Morgan fingerprint density at radius 3 is 3.00 bits per heavy atom. The Balaban J connectivity index is 2.53. The summed E-state index contributed by atoms with van der Waals surface area (Å²) in [6.45, 7) is 4.23. The van der Waals surface area contributed by atoms with Gasteiger partial charge in [0.1, 0.15) is 0 Å². The molecule has 1 aromatic rings. The molecule has 0 spiro atoms. The number of allylic oxidation sites excluding steroid dienone is 3. The maximum absolute atomic E-state index is 3.30. The number of aromatic amines is 1. The van der Waals surface area contributed by atoms with E-state index in [0.717, 1.165) is 6.42 Å². The SMILES string of the molecule is CC=CC=[CH][Ru][c]1[nH]ccc1CC. The summed E-state index contributed by atoms with van der Waals surface area (Å²) in [6, 6.07) is 2.17. The Morgan fingerprint density at radius 2 is 2.31 bits per heavy atom. The van der Waals surface area contributed by atoms with Crippen LogP contribution in [0.3, 0.4) is 0 Å². The van der Waals surface area contributed by atoms with E-state index in [1.165, 1.54) is 9.85 Å². The molecule has 0 aliphatic heterocycles. The standard InChI is InChI=1S/C6H8N.C5H7.Ru/c1-2-6-3-4-7-5-6;1-3-5-4-2;/h3-4,7H,2H2,1H3;1,3-5H,2H3;. The molecular formula is C11H15NRu. The Kier molecular flexibility index (Phi) is 4.78. The average Bonchev–Trinajstić information content (AvgIpc) is 2.60. The van der Waals surface area contributed by atoms with Gasteiger partial charge >= 0.3 is 87.4 Å². The third kappa shape index (κ3) is 3.32. The second kappa shape index (κ2) is 5.93. The number of rotatable bonds is 4. The number of aryl methyl sites for hydroxylation is 1. The third-order valence-electron chi connectivity index (χ3n) is 1.68. The molecule has 0 saturated heterocycles. The zero-order valence-corrected chi connectivity index (χ0v) is 9.76. The van der Waals surface area contributed by atoms with Crippen LogP contribution >= 0.6 is 0 Å². The second-order valence-corrected chi connectivity index (χ2v) is 4.55. The molecular weight excluding hydrogens is 247 g/mol. The predicted molar refractivity (Wildman–Crippen MR) is 53.8 cm³/mol. The van der Waals surface area contributed by atoms with Gasteiger partial charge in [0.05, 0.1) is 0 Å². The fourth-order valence-electron chi connectivity index (χ4n) is 0.984. The Bertz CT molecular complexity index is 297. The van der Waals surface area contributed by atoms with Crippen molar-refractivity contribution in [3.8, 4) is 0 Å². The first-order valence-electron chi connectivity index (χ1n) is 4.43. The van der Waals surface area contributed by atoms with Gasteiger partial charge in [-0.05, 0) is 0 Å². The molecule has 0 unspecified atom stereocenters. The molecule has 0 radical (unpaired) electrons. The first-order chi connectivity index (χ1) is 6.38. The minimum absolute atomic E-state index is 0.212. The van der Waals surface area contributed by atoms with E-state index < -0.39 is 0 Å². The molecule has 1 rings (SSSR count). The summed E-state index contributed by atoms with van der Waals surface area (Å²) in [6.07, 6.45) is 9.41. The first kappa shape index (κ1) is 10.5. The van der Waals surface area contributed by atoms with Crippen molar-refractivity contribution in [2.45, 2.75) is 20.3 Å². The average molecular weight is 262 g/mol. The number of hydrogen-bond acceptors (Lipinski definition) is 0. The van der Waals surface area contributed by atoms with Crippen molar-refractivity contribution in [2.75, 3.05) is 0 Å². The van der Waals surface area contributed by atoms with E-state index in [1.54, 1.807) is 0 Å². The van der Waals surface area contributed by atoms with Crippen molar-refractivity contribution in [3.05, 3.63) is 40.7 Å². The molecule has 0 aliphatic rings. The van der Waals surface area contributed by atoms with Gasteiger partial charge < -0.3 is 0 Å². The molecule has 0 bridgehead atoms. The molecule has 72 valence electrons. The monoisotopic (exact) mass is 263 g/mol. The summed E-state index contributed by atoms with van der Waals surface area (Å²) in [5.74, 6) is 0. The second-order valence-electron chi connectivity index (χ2n) is 2.60. The van der Waals surface area contributed by atoms with Gasteiger partial charge in [0.25, 0.3) is 0 Å². The predicted octanol–water partition coefficient (Wildman–Crippen LogP) is 2.37. The van der Waals surface area contributed by atoms with Crippen molar-refractivity contribution in [2.24, 2.45) is 0 Å². The molecule has 0 atom stereocenters. The summed E-state index contributed by atoms with van der Waals surface area (Å²) >= 11 is 0.212. The van der Waals surface area contributed by atoms with E-state index in [-0.39, 0.29) is 17.1 Å². The number of aromatic nitrogens is 1. The van der Waals surface area contributed by atoms with Crippen molar-refractivity contribution in [1.29, 1.82) is 0 Å². The number of H-pyrrole nitrogens is 1. The zero-order chi connectivity index (χ0) is 9.52. The van der Waals surface area contributed by atoms with Gasteiger partial charge in [-0.15, -0.1) is 0 Å². The van der Waals surface area contributed by atoms with Gasteiger partial charge in [-0.3, -0.25) is 0 Å². The third-order valence-corrected chi connectivity index (χ3v) is 3.61. The van der Waals surface area contributed by atoms with Crippen LogP contribution in [-0.2, 0) is 23.5 Å². The van der Waals surface area contributed by atoms with E-state index in [1.807, 2.05) is 19.2 Å². The van der Waals surface area contributed by atoms with Crippen LogP contribution in [0.5, 0.6) is 0 Å². The van der Waals surface area contributed by atoms with Crippen LogP contribution in [0.25, 0.3) is 0 Å². The molecule has 1 heterocycles. The Hall–Kier alpha value is -0.617. The van der Waals surface area contributed by atoms with Crippen molar-refractivity contribution < 1.29 is 17.1 Å². The summed E-state index contributed by atoms with van der Waals surface area (Å²) < 4.78 is 3.69. The fraction of sp³-hybridized carbons (Fsp3) is 0.273. The van der Waals surface area contributed by atoms with Gasteiger partial charge in [0.15, 0.2) is 0 Å². The molecule has 0 amide bonds. The van der Waals surface area contributed by atoms with E-state index in [2.05, 4.69) is 34.8 Å². The molecule has 1 N–H and O–H groups in total. The molecule has 0 aromatic carbocycles. The Labute approximate surface area is 87.5 Å². The molecule has 0 fully saturated rings. The number of hydrogen-bond donors (Lipinski definition) is 1. The van der Waals surface area contributed by atoms with Crippen LogP contribution in [-0.4, -0.2) is 4.98 Å². The zero-order valence-electron chi connectivity index (χ0n) is 8.02. The van der Waals surface area contributed by atoms with Crippen LogP contribution < -0.4 is 4.29 Å². The van der Waals surface area contributed by atoms with Crippen LogP contribution in [0.2, 0.25) is 0 Å². The first-order valence-corrected chi connectivity index (χ1v) is 6.30. The quantitative estimate of drug-likeness (QED) is 0.633. The summed E-state index contributed by atoms with van der Waals surface area (Å²) in [5.41, 5.74) is 1.46. The van der Waals surface area contributed by atoms with Gasteiger partial charge in [-0.1, -0.05) is 0 Å². The van der Waals surface area contributed by atoms with Crippen molar-refractivity contribution >= 4 is 4.29 Å². The summed E-state index contributed by atoms with van der Waals surface area (Å²) in [5, 5.41) is 0. The summed E-state index contributed by atoms with van der Waals surface area (Å²) in [7, 11) is 0. The van der Waals surface area contributed by atoms with Crippen LogP contribution in [0.1, 0.15) is 19.4 Å². The molecule has 1 nitrogen and oxygen atoms in total. The van der Waals surface area contributed by atoms with Gasteiger partial charge in [-0.2, -0.15) is 0 Å². The molecule has 1 aromatic heterocycles. The van der Waals surface area contributed by atoms with E-state index in [0.29, 0.717) is 0 Å². The molecule has 0 saturated carbocycles. The van der Waals surface area contributed by atoms with Gasteiger partial charge in [0, 0.05) is 0 Å². The fourth-order valence-corrected chi connectivity index (χ4v) is 2.70. The van der Waals surface area contributed by atoms with Crippen LogP contribution in [0, 0.1) is 0 Å². The maximum atomic E-state index is 3.30. The van der Waals surface area contributed by atoms with Crippen LogP contribution in [0.15, 0.2) is 35.2 Å². The van der Waals surface area contributed by atoms with Gasteiger partial charge in [-0.25, -0.2) is 0 Å².